The average molecular weight is 256 g/mol. The molecule has 0 aliphatic heterocycles. The molecule has 0 fully saturated rings. The summed E-state index contributed by atoms with van der Waals surface area (Å²) in [5, 5.41) is 12.5. The molecule has 0 radical (unpaired) electrons. The molecule has 0 unspecified atom stereocenters. The highest BCUT2D eigenvalue weighted by Gasteiger charge is 2.13. The van der Waals surface area contributed by atoms with E-state index in [1.807, 2.05) is 32.0 Å². The fourth-order valence-corrected chi connectivity index (χ4v) is 1.89. The molecule has 4 heteroatoms. The lowest BCUT2D eigenvalue weighted by atomic mass is 10.1. The first-order chi connectivity index (χ1) is 8.99. The van der Waals surface area contributed by atoms with Crippen LogP contribution in [-0.4, -0.2) is 11.0 Å². The maximum absolute atomic E-state index is 12.1. The number of phenols is 1. The van der Waals surface area contributed by atoms with E-state index in [4.69, 9.17) is 5.73 Å². The van der Waals surface area contributed by atoms with Gasteiger partial charge < -0.3 is 16.2 Å². The van der Waals surface area contributed by atoms with Crippen molar-refractivity contribution in [3.63, 3.8) is 0 Å². The van der Waals surface area contributed by atoms with Crippen LogP contribution >= 0.6 is 0 Å². The number of carbonyl (C=O) groups excluding carboxylic acids is 1. The molecule has 4 N–H and O–H groups in total. The molecular formula is C15H16N2O2. The van der Waals surface area contributed by atoms with Gasteiger partial charge in [0.25, 0.3) is 5.91 Å². The number of nitrogen functional groups attached to an aromatic ring is 1. The SMILES string of the molecule is Cc1ccc(NC(=O)c2cccc(N)c2O)c(C)c1. The number of amides is 1. The van der Waals surface area contributed by atoms with Gasteiger partial charge in [0, 0.05) is 5.69 Å². The van der Waals surface area contributed by atoms with Crippen LogP contribution in [0.15, 0.2) is 36.4 Å². The average Bonchev–Trinajstić information content (AvgIpc) is 2.36. The van der Waals surface area contributed by atoms with Crippen LogP contribution in [0.2, 0.25) is 0 Å². The van der Waals surface area contributed by atoms with Crippen molar-refractivity contribution >= 4 is 17.3 Å². The number of hydrogen-bond acceptors (Lipinski definition) is 3. The first-order valence-electron chi connectivity index (χ1n) is 5.95. The lowest BCUT2D eigenvalue weighted by Gasteiger charge is -2.10. The van der Waals surface area contributed by atoms with Crippen molar-refractivity contribution in [2.45, 2.75) is 13.8 Å². The summed E-state index contributed by atoms with van der Waals surface area (Å²) in [6, 6.07) is 10.4. The van der Waals surface area contributed by atoms with Gasteiger partial charge in [-0.25, -0.2) is 0 Å². The molecule has 2 rings (SSSR count). The summed E-state index contributed by atoms with van der Waals surface area (Å²) < 4.78 is 0. The topological polar surface area (TPSA) is 75.4 Å². The molecule has 19 heavy (non-hydrogen) atoms. The lowest BCUT2D eigenvalue weighted by molar-refractivity contribution is 0.102. The highest BCUT2D eigenvalue weighted by Crippen LogP contribution is 2.26. The molecule has 2 aromatic carbocycles. The Morgan fingerprint density at radius 1 is 1.21 bits per heavy atom. The molecule has 0 aliphatic rings. The van der Waals surface area contributed by atoms with E-state index in [0.717, 1.165) is 16.8 Å². The Morgan fingerprint density at radius 2 is 1.95 bits per heavy atom. The third kappa shape index (κ3) is 2.68. The van der Waals surface area contributed by atoms with Gasteiger partial charge in [-0.15, -0.1) is 0 Å². The first kappa shape index (κ1) is 13.0. The second kappa shape index (κ2) is 5.02. The second-order valence-electron chi connectivity index (χ2n) is 4.52. The summed E-state index contributed by atoms with van der Waals surface area (Å²) in [5.41, 5.74) is 8.74. The summed E-state index contributed by atoms with van der Waals surface area (Å²) in [6.45, 7) is 3.91. The maximum Gasteiger partial charge on any atom is 0.259 e. The molecule has 0 heterocycles. The monoisotopic (exact) mass is 256 g/mol. The number of carbonyl (C=O) groups is 1. The van der Waals surface area contributed by atoms with Crippen LogP contribution in [0.4, 0.5) is 11.4 Å². The third-order valence-electron chi connectivity index (χ3n) is 2.94. The van der Waals surface area contributed by atoms with Gasteiger partial charge in [0.1, 0.15) is 0 Å². The maximum atomic E-state index is 12.1. The molecule has 0 bridgehead atoms. The van der Waals surface area contributed by atoms with Crippen LogP contribution in [0.25, 0.3) is 0 Å². The lowest BCUT2D eigenvalue weighted by Crippen LogP contribution is -2.13. The van der Waals surface area contributed by atoms with Gasteiger partial charge >= 0.3 is 0 Å². The number of aromatic hydroxyl groups is 1. The van der Waals surface area contributed by atoms with Crippen molar-refractivity contribution in [3.05, 3.63) is 53.1 Å². The summed E-state index contributed by atoms with van der Waals surface area (Å²) >= 11 is 0. The number of anilines is 2. The first-order valence-corrected chi connectivity index (χ1v) is 5.95. The molecular weight excluding hydrogens is 240 g/mol. The van der Waals surface area contributed by atoms with Crippen LogP contribution < -0.4 is 11.1 Å². The van der Waals surface area contributed by atoms with Crippen molar-refractivity contribution in [2.24, 2.45) is 0 Å². The van der Waals surface area contributed by atoms with Crippen LogP contribution in [0.5, 0.6) is 5.75 Å². The zero-order valence-corrected chi connectivity index (χ0v) is 10.9. The fourth-order valence-electron chi connectivity index (χ4n) is 1.89. The van der Waals surface area contributed by atoms with Gasteiger partial charge in [0.05, 0.1) is 11.3 Å². The molecule has 0 spiro atoms. The van der Waals surface area contributed by atoms with E-state index in [0.29, 0.717) is 0 Å². The fraction of sp³-hybridized carbons (Fsp3) is 0.133. The van der Waals surface area contributed by atoms with E-state index >= 15 is 0 Å². The number of phenolic OH excluding ortho intramolecular Hbond substituents is 1. The number of benzene rings is 2. The smallest absolute Gasteiger partial charge is 0.259 e. The molecule has 0 aliphatic carbocycles. The van der Waals surface area contributed by atoms with E-state index in [2.05, 4.69) is 5.32 Å². The zero-order valence-electron chi connectivity index (χ0n) is 10.9. The van der Waals surface area contributed by atoms with Crippen LogP contribution in [0.3, 0.4) is 0 Å². The highest BCUT2D eigenvalue weighted by molar-refractivity contribution is 6.07. The van der Waals surface area contributed by atoms with E-state index in [1.54, 1.807) is 12.1 Å². The number of rotatable bonds is 2. The number of aryl methyl sites for hydroxylation is 2. The number of nitrogens with one attached hydrogen (secondary N) is 1. The van der Waals surface area contributed by atoms with E-state index in [1.165, 1.54) is 6.07 Å². The van der Waals surface area contributed by atoms with E-state index in [-0.39, 0.29) is 22.9 Å². The number of hydrogen-bond donors (Lipinski definition) is 3. The summed E-state index contributed by atoms with van der Waals surface area (Å²) in [4.78, 5) is 12.1. The molecule has 0 saturated carbocycles. The molecule has 98 valence electrons. The van der Waals surface area contributed by atoms with Crippen molar-refractivity contribution in [2.75, 3.05) is 11.1 Å². The van der Waals surface area contributed by atoms with Crippen LogP contribution in [-0.2, 0) is 0 Å². The van der Waals surface area contributed by atoms with E-state index < -0.39 is 0 Å². The van der Waals surface area contributed by atoms with E-state index in [9.17, 15) is 9.90 Å². The molecule has 4 nitrogen and oxygen atoms in total. The minimum Gasteiger partial charge on any atom is -0.505 e. The molecule has 1 amide bonds. The van der Waals surface area contributed by atoms with Crippen molar-refractivity contribution in [3.8, 4) is 5.75 Å². The number of para-hydroxylation sites is 1. The van der Waals surface area contributed by atoms with Gasteiger partial charge in [0.15, 0.2) is 5.75 Å². The molecule has 2 aromatic rings. The molecule has 0 atom stereocenters. The van der Waals surface area contributed by atoms with Crippen LogP contribution in [0, 0.1) is 13.8 Å². The van der Waals surface area contributed by atoms with Gasteiger partial charge in [-0.1, -0.05) is 23.8 Å². The Labute approximate surface area is 111 Å². The largest absolute Gasteiger partial charge is 0.505 e. The minimum absolute atomic E-state index is 0.167. The Kier molecular flexibility index (Phi) is 3.42. The standard InChI is InChI=1S/C15H16N2O2/c1-9-6-7-13(10(2)8-9)17-15(19)11-4-3-5-12(16)14(11)18/h3-8,18H,16H2,1-2H3,(H,17,19). The van der Waals surface area contributed by atoms with Gasteiger partial charge in [-0.3, -0.25) is 4.79 Å². The predicted molar refractivity (Wildman–Crippen MR) is 76.4 cm³/mol. The predicted octanol–water partition coefficient (Wildman–Crippen LogP) is 2.84. The molecule has 0 saturated heterocycles. The Balaban J connectivity index is 2.28. The Hall–Kier alpha value is -2.49. The number of nitrogens with two attached hydrogens (primary N) is 1. The summed E-state index contributed by atoms with van der Waals surface area (Å²) in [5.74, 6) is -0.568. The van der Waals surface area contributed by atoms with Gasteiger partial charge in [-0.05, 0) is 37.6 Å². The van der Waals surface area contributed by atoms with Crippen LogP contribution in [0.1, 0.15) is 21.5 Å². The quantitative estimate of drug-likeness (QED) is 0.571. The van der Waals surface area contributed by atoms with Crippen molar-refractivity contribution in [1.29, 1.82) is 0 Å². The Morgan fingerprint density at radius 3 is 2.63 bits per heavy atom. The zero-order chi connectivity index (χ0) is 14.0. The highest BCUT2D eigenvalue weighted by atomic mass is 16.3. The summed E-state index contributed by atoms with van der Waals surface area (Å²) in [7, 11) is 0. The Bertz CT molecular complexity index is 636. The van der Waals surface area contributed by atoms with Crippen molar-refractivity contribution in [1.82, 2.24) is 0 Å². The third-order valence-corrected chi connectivity index (χ3v) is 2.94. The molecule has 0 aromatic heterocycles. The van der Waals surface area contributed by atoms with Gasteiger partial charge in [0.2, 0.25) is 0 Å². The normalized spacial score (nSPS) is 10.2. The van der Waals surface area contributed by atoms with Gasteiger partial charge in [-0.2, -0.15) is 0 Å². The summed E-state index contributed by atoms with van der Waals surface area (Å²) in [6.07, 6.45) is 0. The minimum atomic E-state index is -0.378. The van der Waals surface area contributed by atoms with Crippen molar-refractivity contribution < 1.29 is 9.90 Å². The second-order valence-corrected chi connectivity index (χ2v) is 4.52.